The molecular formula is C17H25N5O. The molecule has 1 N–H and O–H groups in total. The van der Waals surface area contributed by atoms with Gasteiger partial charge in [0.1, 0.15) is 6.54 Å². The average Bonchev–Trinajstić information content (AvgIpc) is 2.89. The van der Waals surface area contributed by atoms with E-state index in [1.54, 1.807) is 4.68 Å². The average molecular weight is 315 g/mol. The predicted octanol–water partition coefficient (Wildman–Crippen LogP) is 2.03. The van der Waals surface area contributed by atoms with E-state index in [-0.39, 0.29) is 23.9 Å². The van der Waals surface area contributed by atoms with Crippen molar-refractivity contribution >= 4 is 5.91 Å². The van der Waals surface area contributed by atoms with Crippen molar-refractivity contribution in [1.82, 2.24) is 25.5 Å². The number of tetrazole rings is 1. The van der Waals surface area contributed by atoms with Gasteiger partial charge in [0.15, 0.2) is 5.82 Å². The maximum Gasteiger partial charge on any atom is 0.242 e. The van der Waals surface area contributed by atoms with Crippen molar-refractivity contribution in [2.45, 2.75) is 59.0 Å². The van der Waals surface area contributed by atoms with Crippen LogP contribution in [0.2, 0.25) is 0 Å². The summed E-state index contributed by atoms with van der Waals surface area (Å²) in [6.07, 6.45) is 0.806. The van der Waals surface area contributed by atoms with Gasteiger partial charge in [-0.1, -0.05) is 45.0 Å². The van der Waals surface area contributed by atoms with E-state index in [9.17, 15) is 4.79 Å². The van der Waals surface area contributed by atoms with Gasteiger partial charge >= 0.3 is 0 Å². The Morgan fingerprint density at radius 3 is 2.65 bits per heavy atom. The summed E-state index contributed by atoms with van der Waals surface area (Å²) < 4.78 is 1.57. The molecule has 0 saturated heterocycles. The Kier molecular flexibility index (Phi) is 5.13. The number of carbonyl (C=O) groups is 1. The van der Waals surface area contributed by atoms with Gasteiger partial charge in [0.25, 0.3) is 0 Å². The number of hydrogen-bond acceptors (Lipinski definition) is 4. The number of rotatable bonds is 5. The Labute approximate surface area is 137 Å². The van der Waals surface area contributed by atoms with E-state index >= 15 is 0 Å². The highest BCUT2D eigenvalue weighted by atomic mass is 16.2. The van der Waals surface area contributed by atoms with Crippen molar-refractivity contribution in [2.75, 3.05) is 0 Å². The lowest BCUT2D eigenvalue weighted by molar-refractivity contribution is -0.122. The molecule has 0 spiro atoms. The zero-order valence-electron chi connectivity index (χ0n) is 14.5. The first-order valence-electron chi connectivity index (χ1n) is 7.88. The molecule has 0 aliphatic rings. The van der Waals surface area contributed by atoms with Gasteiger partial charge in [-0.2, -0.15) is 0 Å². The molecule has 1 amide bonds. The molecule has 1 heterocycles. The summed E-state index contributed by atoms with van der Waals surface area (Å²) in [4.78, 5) is 12.2. The molecule has 0 radical (unpaired) electrons. The summed E-state index contributed by atoms with van der Waals surface area (Å²) in [6.45, 7) is 10.3. The number of aromatic nitrogens is 4. The van der Waals surface area contributed by atoms with Crippen molar-refractivity contribution in [1.29, 1.82) is 0 Å². The van der Waals surface area contributed by atoms with E-state index in [4.69, 9.17) is 0 Å². The number of amides is 1. The molecule has 6 heteroatoms. The van der Waals surface area contributed by atoms with Crippen molar-refractivity contribution in [3.05, 3.63) is 41.2 Å². The molecule has 23 heavy (non-hydrogen) atoms. The highest BCUT2D eigenvalue weighted by Crippen LogP contribution is 2.18. The van der Waals surface area contributed by atoms with Crippen molar-refractivity contribution in [2.24, 2.45) is 0 Å². The molecule has 0 aliphatic carbocycles. The molecule has 124 valence electrons. The molecule has 1 aromatic heterocycles. The minimum Gasteiger partial charge on any atom is -0.352 e. The van der Waals surface area contributed by atoms with E-state index in [0.29, 0.717) is 5.82 Å². The Morgan fingerprint density at radius 2 is 2.00 bits per heavy atom. The van der Waals surface area contributed by atoms with Crippen LogP contribution < -0.4 is 5.32 Å². The topological polar surface area (TPSA) is 72.7 Å². The van der Waals surface area contributed by atoms with Gasteiger partial charge in [-0.05, 0) is 41.8 Å². The summed E-state index contributed by atoms with van der Waals surface area (Å²) in [7, 11) is 0. The van der Waals surface area contributed by atoms with Crippen LogP contribution >= 0.6 is 0 Å². The minimum atomic E-state index is -0.198. The van der Waals surface area contributed by atoms with E-state index in [0.717, 1.165) is 6.42 Å². The van der Waals surface area contributed by atoms with Gasteiger partial charge < -0.3 is 5.32 Å². The number of nitrogens with one attached hydrogen (secondary N) is 1. The molecule has 1 atom stereocenters. The fourth-order valence-corrected chi connectivity index (χ4v) is 2.52. The van der Waals surface area contributed by atoms with Gasteiger partial charge in [-0.3, -0.25) is 4.79 Å². The number of carbonyl (C=O) groups excluding carboxylic acids is 1. The van der Waals surface area contributed by atoms with E-state index < -0.39 is 0 Å². The third kappa shape index (κ3) is 4.61. The van der Waals surface area contributed by atoms with Gasteiger partial charge in [0.05, 0.1) is 0 Å². The second-order valence-electron chi connectivity index (χ2n) is 7.01. The number of hydrogen-bond donors (Lipinski definition) is 1. The van der Waals surface area contributed by atoms with E-state index in [2.05, 4.69) is 39.9 Å². The van der Waals surface area contributed by atoms with Crippen LogP contribution in [0.4, 0.5) is 0 Å². The van der Waals surface area contributed by atoms with Crippen LogP contribution in [0.5, 0.6) is 0 Å². The van der Waals surface area contributed by atoms with Gasteiger partial charge in [-0.25, -0.2) is 4.68 Å². The summed E-state index contributed by atoms with van der Waals surface area (Å²) in [5, 5.41) is 14.6. The Bertz CT molecular complexity index is 672. The monoisotopic (exact) mass is 315 g/mol. The second-order valence-corrected chi connectivity index (χ2v) is 7.01. The molecule has 6 nitrogen and oxygen atoms in total. The number of aryl methyl sites for hydroxylation is 1. The van der Waals surface area contributed by atoms with Crippen molar-refractivity contribution < 1.29 is 4.79 Å². The van der Waals surface area contributed by atoms with Crippen molar-refractivity contribution in [3.8, 4) is 0 Å². The highest BCUT2D eigenvalue weighted by molar-refractivity contribution is 5.76. The summed E-state index contributed by atoms with van der Waals surface area (Å²) in [5.41, 5.74) is 2.29. The van der Waals surface area contributed by atoms with Gasteiger partial charge in [-0.15, -0.1) is 5.10 Å². The Hall–Kier alpha value is -2.24. The smallest absolute Gasteiger partial charge is 0.242 e. The normalized spacial score (nSPS) is 12.9. The van der Waals surface area contributed by atoms with Crippen LogP contribution in [-0.4, -0.2) is 32.2 Å². The van der Waals surface area contributed by atoms with Crippen LogP contribution in [0.25, 0.3) is 0 Å². The Balaban J connectivity index is 1.95. The van der Waals surface area contributed by atoms with Crippen LogP contribution in [-0.2, 0) is 23.2 Å². The third-order valence-electron chi connectivity index (χ3n) is 3.69. The molecule has 0 aliphatic heterocycles. The lowest BCUT2D eigenvalue weighted by atomic mass is 9.96. The lowest BCUT2D eigenvalue weighted by Gasteiger charge is -2.18. The molecule has 2 rings (SSSR count). The quantitative estimate of drug-likeness (QED) is 0.916. The number of benzene rings is 1. The maximum absolute atomic E-state index is 12.2. The summed E-state index contributed by atoms with van der Waals surface area (Å²) in [5.74, 6) is 0.628. The van der Waals surface area contributed by atoms with Crippen LogP contribution in [0, 0.1) is 6.92 Å². The van der Waals surface area contributed by atoms with Crippen LogP contribution in [0.3, 0.4) is 0 Å². The summed E-state index contributed by atoms with van der Waals surface area (Å²) in [6, 6.07) is 8.28. The Morgan fingerprint density at radius 1 is 1.30 bits per heavy atom. The SMILES string of the molecule is Cc1ccccc1CC(C)NC(=O)Cn1nnnc1C(C)(C)C. The zero-order valence-corrected chi connectivity index (χ0v) is 14.5. The maximum atomic E-state index is 12.2. The first-order valence-corrected chi connectivity index (χ1v) is 7.88. The van der Waals surface area contributed by atoms with Gasteiger partial charge in [0.2, 0.25) is 5.91 Å². The van der Waals surface area contributed by atoms with E-state index in [1.807, 2.05) is 39.8 Å². The molecule has 1 aromatic carbocycles. The largest absolute Gasteiger partial charge is 0.352 e. The molecule has 0 saturated carbocycles. The lowest BCUT2D eigenvalue weighted by Crippen LogP contribution is -2.37. The van der Waals surface area contributed by atoms with Crippen LogP contribution in [0.1, 0.15) is 44.6 Å². The first-order chi connectivity index (χ1) is 10.8. The predicted molar refractivity (Wildman–Crippen MR) is 89.0 cm³/mol. The molecular weight excluding hydrogens is 290 g/mol. The molecule has 0 bridgehead atoms. The zero-order chi connectivity index (χ0) is 17.0. The van der Waals surface area contributed by atoms with Gasteiger partial charge in [0, 0.05) is 11.5 Å². The molecule has 0 fully saturated rings. The van der Waals surface area contributed by atoms with E-state index in [1.165, 1.54) is 11.1 Å². The van der Waals surface area contributed by atoms with Crippen LogP contribution in [0.15, 0.2) is 24.3 Å². The standard InChI is InChI=1S/C17H25N5O/c1-12-8-6-7-9-14(12)10-13(2)18-15(23)11-22-16(17(3,4)5)19-20-21-22/h6-9,13H,10-11H2,1-5H3,(H,18,23). The second kappa shape index (κ2) is 6.89. The number of nitrogens with zero attached hydrogens (tertiary/aromatic N) is 4. The minimum absolute atomic E-state index is 0.0539. The molecule has 2 aromatic rings. The third-order valence-corrected chi connectivity index (χ3v) is 3.69. The highest BCUT2D eigenvalue weighted by Gasteiger charge is 2.23. The fraction of sp³-hybridized carbons (Fsp3) is 0.529. The van der Waals surface area contributed by atoms with Crippen molar-refractivity contribution in [3.63, 3.8) is 0 Å². The summed E-state index contributed by atoms with van der Waals surface area (Å²) >= 11 is 0. The first kappa shape index (κ1) is 17.1. The molecule has 1 unspecified atom stereocenters. The fourth-order valence-electron chi connectivity index (χ4n) is 2.52.